The van der Waals surface area contributed by atoms with E-state index >= 15 is 0 Å². The Kier molecular flexibility index (Phi) is 5.55. The number of likely N-dealkylation sites (tertiary alicyclic amines) is 1. The van der Waals surface area contributed by atoms with Crippen LogP contribution in [-0.2, 0) is 13.1 Å². The molecule has 1 aromatic rings. The monoisotopic (exact) mass is 278 g/mol. The molecule has 0 spiro atoms. The number of hydrogen-bond donors (Lipinski definition) is 1. The Bertz CT molecular complexity index is 423. The highest BCUT2D eigenvalue weighted by atomic mass is 19.1. The van der Waals surface area contributed by atoms with E-state index in [-0.39, 0.29) is 5.82 Å². The molecule has 112 valence electrons. The van der Waals surface area contributed by atoms with Crippen LogP contribution in [0.4, 0.5) is 4.39 Å². The van der Waals surface area contributed by atoms with Gasteiger partial charge in [0.25, 0.3) is 0 Å². The van der Waals surface area contributed by atoms with Gasteiger partial charge in [0.05, 0.1) is 0 Å². The van der Waals surface area contributed by atoms with E-state index in [1.807, 2.05) is 12.1 Å². The summed E-state index contributed by atoms with van der Waals surface area (Å²) < 4.78 is 14.0. The van der Waals surface area contributed by atoms with Gasteiger partial charge < -0.3 is 5.32 Å². The molecule has 1 saturated heterocycles. The summed E-state index contributed by atoms with van der Waals surface area (Å²) in [4.78, 5) is 2.40. The molecule has 1 aromatic carbocycles. The van der Waals surface area contributed by atoms with Crippen LogP contribution in [0.2, 0.25) is 0 Å². The average molecular weight is 278 g/mol. The number of hydrogen-bond acceptors (Lipinski definition) is 2. The Hall–Kier alpha value is -0.930. The van der Waals surface area contributed by atoms with Crippen molar-refractivity contribution in [1.29, 1.82) is 0 Å². The molecule has 2 atom stereocenters. The van der Waals surface area contributed by atoms with Crippen molar-refractivity contribution in [3.63, 3.8) is 0 Å². The summed E-state index contributed by atoms with van der Waals surface area (Å²) in [7, 11) is 0. The predicted octanol–water partition coefficient (Wildman–Crippen LogP) is 3.41. The molecule has 1 aliphatic rings. The minimum Gasteiger partial charge on any atom is -0.313 e. The van der Waals surface area contributed by atoms with Gasteiger partial charge in [-0.25, -0.2) is 4.39 Å². The van der Waals surface area contributed by atoms with E-state index in [1.165, 1.54) is 12.0 Å². The van der Waals surface area contributed by atoms with Gasteiger partial charge in [0.2, 0.25) is 0 Å². The SMILES string of the molecule is CCNCc1ccc(F)c(CN2CC(C)CC(C)C2)c1. The maximum atomic E-state index is 14.0. The third-order valence-corrected chi connectivity index (χ3v) is 4.03. The Morgan fingerprint density at radius 2 is 1.95 bits per heavy atom. The predicted molar refractivity (Wildman–Crippen MR) is 82.0 cm³/mol. The van der Waals surface area contributed by atoms with Crippen LogP contribution in [0, 0.1) is 17.7 Å². The van der Waals surface area contributed by atoms with Gasteiger partial charge in [-0.2, -0.15) is 0 Å². The van der Waals surface area contributed by atoms with Gasteiger partial charge in [-0.05, 0) is 36.4 Å². The van der Waals surface area contributed by atoms with Gasteiger partial charge in [0.15, 0.2) is 0 Å². The van der Waals surface area contributed by atoms with Crippen molar-refractivity contribution in [3.05, 3.63) is 35.1 Å². The minimum atomic E-state index is -0.0730. The van der Waals surface area contributed by atoms with Gasteiger partial charge >= 0.3 is 0 Å². The Morgan fingerprint density at radius 1 is 1.25 bits per heavy atom. The van der Waals surface area contributed by atoms with Gasteiger partial charge in [-0.3, -0.25) is 4.90 Å². The number of halogens is 1. The molecule has 2 rings (SSSR count). The molecule has 0 bridgehead atoms. The van der Waals surface area contributed by atoms with Crippen molar-refractivity contribution >= 4 is 0 Å². The van der Waals surface area contributed by atoms with Gasteiger partial charge in [-0.15, -0.1) is 0 Å². The Balaban J connectivity index is 2.03. The van der Waals surface area contributed by atoms with Crippen molar-refractivity contribution < 1.29 is 4.39 Å². The molecule has 1 heterocycles. The molecule has 2 unspecified atom stereocenters. The zero-order valence-corrected chi connectivity index (χ0v) is 13.0. The Morgan fingerprint density at radius 3 is 2.60 bits per heavy atom. The zero-order valence-electron chi connectivity index (χ0n) is 13.0. The average Bonchev–Trinajstić information content (AvgIpc) is 2.38. The highest BCUT2D eigenvalue weighted by Gasteiger charge is 2.22. The van der Waals surface area contributed by atoms with Crippen LogP contribution in [0.15, 0.2) is 18.2 Å². The number of piperidine rings is 1. The second-order valence-corrected chi connectivity index (χ2v) is 6.35. The maximum absolute atomic E-state index is 14.0. The highest BCUT2D eigenvalue weighted by Crippen LogP contribution is 2.23. The van der Waals surface area contributed by atoms with Crippen LogP contribution in [0.25, 0.3) is 0 Å². The first-order valence-corrected chi connectivity index (χ1v) is 7.78. The summed E-state index contributed by atoms with van der Waals surface area (Å²) in [6.07, 6.45) is 1.29. The number of benzene rings is 1. The molecular formula is C17H27FN2. The largest absolute Gasteiger partial charge is 0.313 e. The lowest BCUT2D eigenvalue weighted by molar-refractivity contribution is 0.133. The van der Waals surface area contributed by atoms with Gasteiger partial charge in [0, 0.05) is 31.7 Å². The summed E-state index contributed by atoms with van der Waals surface area (Å²) >= 11 is 0. The van der Waals surface area contributed by atoms with E-state index in [9.17, 15) is 4.39 Å². The summed E-state index contributed by atoms with van der Waals surface area (Å²) in [5.41, 5.74) is 2.00. The first-order valence-electron chi connectivity index (χ1n) is 7.78. The third-order valence-electron chi connectivity index (χ3n) is 4.03. The molecule has 0 aliphatic carbocycles. The van der Waals surface area contributed by atoms with Crippen molar-refractivity contribution in [2.45, 2.75) is 40.3 Å². The molecule has 2 nitrogen and oxygen atoms in total. The van der Waals surface area contributed by atoms with E-state index in [2.05, 4.69) is 31.0 Å². The first-order chi connectivity index (χ1) is 9.58. The van der Waals surface area contributed by atoms with Crippen molar-refractivity contribution in [2.75, 3.05) is 19.6 Å². The molecule has 3 heteroatoms. The maximum Gasteiger partial charge on any atom is 0.127 e. The van der Waals surface area contributed by atoms with E-state index in [0.29, 0.717) is 11.8 Å². The molecular weight excluding hydrogens is 251 g/mol. The normalized spacial score (nSPS) is 24.0. The summed E-state index contributed by atoms with van der Waals surface area (Å²) in [6.45, 7) is 11.3. The molecule has 1 fully saturated rings. The molecule has 0 radical (unpaired) electrons. The highest BCUT2D eigenvalue weighted by molar-refractivity contribution is 5.25. The lowest BCUT2D eigenvalue weighted by Gasteiger charge is -2.35. The first kappa shape index (κ1) is 15.5. The van der Waals surface area contributed by atoms with Crippen LogP contribution < -0.4 is 5.32 Å². The molecule has 1 N–H and O–H groups in total. The zero-order chi connectivity index (χ0) is 14.5. The van der Waals surface area contributed by atoms with Gasteiger partial charge in [0.1, 0.15) is 5.82 Å². The minimum absolute atomic E-state index is 0.0730. The lowest BCUT2D eigenvalue weighted by atomic mass is 9.91. The molecule has 1 aliphatic heterocycles. The van der Waals surface area contributed by atoms with E-state index in [0.717, 1.165) is 38.3 Å². The molecule has 0 amide bonds. The van der Waals surface area contributed by atoms with Crippen LogP contribution in [0.5, 0.6) is 0 Å². The quantitative estimate of drug-likeness (QED) is 0.888. The molecule has 0 saturated carbocycles. The van der Waals surface area contributed by atoms with E-state index in [4.69, 9.17) is 0 Å². The summed E-state index contributed by atoms with van der Waals surface area (Å²) in [5, 5.41) is 3.29. The smallest absolute Gasteiger partial charge is 0.127 e. The fourth-order valence-electron chi connectivity index (χ4n) is 3.29. The lowest BCUT2D eigenvalue weighted by Crippen LogP contribution is -2.38. The molecule has 0 aromatic heterocycles. The summed E-state index contributed by atoms with van der Waals surface area (Å²) in [5.74, 6) is 1.36. The number of nitrogens with zero attached hydrogens (tertiary/aromatic N) is 1. The van der Waals surface area contributed by atoms with Gasteiger partial charge in [-0.1, -0.05) is 32.9 Å². The van der Waals surface area contributed by atoms with Crippen molar-refractivity contribution in [2.24, 2.45) is 11.8 Å². The third kappa shape index (κ3) is 4.29. The van der Waals surface area contributed by atoms with Crippen molar-refractivity contribution in [3.8, 4) is 0 Å². The number of rotatable bonds is 5. The summed E-state index contributed by atoms with van der Waals surface area (Å²) in [6, 6.07) is 5.50. The molecule has 20 heavy (non-hydrogen) atoms. The van der Waals surface area contributed by atoms with Crippen LogP contribution >= 0.6 is 0 Å². The Labute approximate surface area is 122 Å². The van der Waals surface area contributed by atoms with Crippen LogP contribution in [-0.4, -0.2) is 24.5 Å². The van der Waals surface area contributed by atoms with E-state index < -0.39 is 0 Å². The van der Waals surface area contributed by atoms with Crippen molar-refractivity contribution in [1.82, 2.24) is 10.2 Å². The second-order valence-electron chi connectivity index (χ2n) is 6.35. The fourth-order valence-corrected chi connectivity index (χ4v) is 3.29. The van der Waals surface area contributed by atoms with E-state index in [1.54, 1.807) is 6.07 Å². The standard InChI is InChI=1S/C17H27FN2/c1-4-19-9-15-5-6-17(18)16(8-15)12-20-10-13(2)7-14(3)11-20/h5-6,8,13-14,19H,4,7,9-12H2,1-3H3. The number of nitrogens with one attached hydrogen (secondary N) is 1. The fraction of sp³-hybridized carbons (Fsp3) is 0.647. The van der Waals surface area contributed by atoms with Crippen LogP contribution in [0.3, 0.4) is 0 Å². The second kappa shape index (κ2) is 7.19. The topological polar surface area (TPSA) is 15.3 Å². The van der Waals surface area contributed by atoms with Crippen LogP contribution in [0.1, 0.15) is 38.3 Å².